The Kier molecular flexibility index (Phi) is 19.7. The molecule has 0 unspecified atom stereocenters. The smallest absolute Gasteiger partial charge is 0.460 e. The first-order valence-electron chi connectivity index (χ1n) is 20.1. The zero-order valence-electron chi connectivity index (χ0n) is 36.6. The molecule has 28 heteroatoms. The molecule has 0 bridgehead atoms. The summed E-state index contributed by atoms with van der Waals surface area (Å²) in [6.07, 6.45) is -7.49. The highest BCUT2D eigenvalue weighted by atomic mass is 28.4. The molecule has 0 aromatic heterocycles. The topological polar surface area (TPSA) is 106 Å². The summed E-state index contributed by atoms with van der Waals surface area (Å²) in [6.45, 7) is 5.67. The second-order valence-corrected chi connectivity index (χ2v) is 21.0. The molecule has 3 N–H and O–H groups in total. The quantitative estimate of drug-likeness (QED) is 0.0174. The lowest BCUT2D eigenvalue weighted by Gasteiger charge is -2.44. The Morgan fingerprint density at radius 1 is 0.725 bits per heavy atom. The van der Waals surface area contributed by atoms with Crippen LogP contribution in [0.1, 0.15) is 72.0 Å². The number of unbranched alkanes of at least 4 members (excludes halogenated alkanes) is 1. The number of rotatable bonds is 25. The molecule has 2 rings (SSSR count). The molecule has 1 atom stereocenters. The molecular formula is C41H45F19N2O6Si. The van der Waals surface area contributed by atoms with Crippen molar-refractivity contribution in [1.29, 1.82) is 0 Å². The first kappa shape index (κ1) is 60.4. The highest BCUT2D eigenvalue weighted by Crippen LogP contribution is 2.64. The number of hydroxylamine groups is 1. The van der Waals surface area contributed by atoms with Crippen molar-refractivity contribution < 1.29 is 112 Å². The molecule has 0 saturated carbocycles. The lowest BCUT2D eigenvalue weighted by molar-refractivity contribution is -0.461. The van der Waals surface area contributed by atoms with Crippen molar-refractivity contribution in [2.24, 2.45) is 0 Å². The first-order chi connectivity index (χ1) is 31.3. The lowest BCUT2D eigenvalue weighted by Crippen LogP contribution is -2.74. The van der Waals surface area contributed by atoms with Gasteiger partial charge in [-0.15, -0.1) is 0 Å². The van der Waals surface area contributed by atoms with Gasteiger partial charge in [0, 0.05) is 18.6 Å². The van der Waals surface area contributed by atoms with E-state index in [1.54, 1.807) is 19.1 Å². The second-order valence-electron chi connectivity index (χ2n) is 16.0. The number of hydrogen-bond acceptors (Lipinski definition) is 6. The third-order valence-corrected chi connectivity index (χ3v) is 16.3. The molecule has 0 aliphatic rings. The Balaban J connectivity index is 2.28. The maximum absolute atomic E-state index is 15.0. The molecule has 0 radical (unpaired) electrons. The van der Waals surface area contributed by atoms with E-state index in [0.29, 0.717) is 30.0 Å². The molecule has 0 spiro atoms. The summed E-state index contributed by atoms with van der Waals surface area (Å²) in [5, 5.41) is 10.8. The predicted octanol–water partition coefficient (Wildman–Crippen LogP) is 14.0. The van der Waals surface area contributed by atoms with Gasteiger partial charge in [0.2, 0.25) is 0 Å². The van der Waals surface area contributed by atoms with Crippen LogP contribution in [0, 0.1) is 11.6 Å². The van der Waals surface area contributed by atoms with Crippen molar-refractivity contribution in [3.8, 4) is 5.75 Å². The van der Waals surface area contributed by atoms with Gasteiger partial charge in [-0.05, 0) is 78.7 Å². The Hall–Kier alpha value is -4.73. The summed E-state index contributed by atoms with van der Waals surface area (Å²) in [5.41, 5.74) is -0.0385. The average molecular weight is 1050 g/mol. The van der Waals surface area contributed by atoms with Gasteiger partial charge >= 0.3 is 53.7 Å². The SMILES string of the molecule is CC(/C=C/CCC[C@H](OC(=O)Nc1ccc(F)cc1F)c1ccc(OCCO[Si](CCC(F)(F)C(F)(F)C(F)(F)C(F)(F)C(F)(F)C(F)(F)C(F)(F)C(F)(F)F)(C(C)C)C(C)C)cc1)=C\C(=O)NO. The number of ether oxygens (including phenoxy) is 2. The molecular weight excluding hydrogens is 1010 g/mol. The van der Waals surface area contributed by atoms with Crippen LogP contribution in [0.25, 0.3) is 0 Å². The van der Waals surface area contributed by atoms with Crippen LogP contribution in [0.5, 0.6) is 5.75 Å². The molecule has 8 nitrogen and oxygen atoms in total. The number of halogens is 19. The van der Waals surface area contributed by atoms with E-state index < -0.39 is 128 Å². The maximum Gasteiger partial charge on any atom is 0.460 e. The fourth-order valence-corrected chi connectivity index (χ4v) is 11.1. The molecule has 0 saturated heterocycles. The van der Waals surface area contributed by atoms with Crippen LogP contribution < -0.4 is 15.5 Å². The number of allylic oxidation sites excluding steroid dienone is 3. The van der Waals surface area contributed by atoms with Crippen molar-refractivity contribution >= 4 is 26.0 Å². The van der Waals surface area contributed by atoms with Gasteiger partial charge in [0.1, 0.15) is 30.1 Å². The van der Waals surface area contributed by atoms with Gasteiger partial charge in [0.25, 0.3) is 5.91 Å². The molecule has 0 heterocycles. The summed E-state index contributed by atoms with van der Waals surface area (Å²) in [6, 6.07) is 6.44. The fraction of sp³-hybridized carbons (Fsp3) is 0.561. The van der Waals surface area contributed by atoms with E-state index >= 15 is 8.78 Å². The molecule has 392 valence electrons. The van der Waals surface area contributed by atoms with Gasteiger partial charge in [-0.3, -0.25) is 15.3 Å². The number of nitrogens with one attached hydrogen (secondary N) is 2. The average Bonchev–Trinajstić information content (AvgIpc) is 3.22. The zero-order chi connectivity index (χ0) is 53.4. The molecule has 2 aromatic carbocycles. The van der Waals surface area contributed by atoms with Gasteiger partial charge in [0.15, 0.2) is 8.32 Å². The fourth-order valence-electron chi connectivity index (χ4n) is 6.66. The highest BCUT2D eigenvalue weighted by Gasteiger charge is 2.95. The predicted molar refractivity (Wildman–Crippen MR) is 210 cm³/mol. The minimum atomic E-state index is -8.72. The van der Waals surface area contributed by atoms with E-state index in [0.717, 1.165) is 18.2 Å². The van der Waals surface area contributed by atoms with Crippen LogP contribution in [0.3, 0.4) is 0 Å². The second kappa shape index (κ2) is 22.6. The van der Waals surface area contributed by atoms with Crippen molar-refractivity contribution in [3.63, 3.8) is 0 Å². The number of alkyl halides is 17. The number of hydrogen-bond donors (Lipinski definition) is 3. The third-order valence-electron chi connectivity index (χ3n) is 10.7. The van der Waals surface area contributed by atoms with Gasteiger partial charge in [-0.25, -0.2) is 19.1 Å². The van der Waals surface area contributed by atoms with Gasteiger partial charge in [-0.1, -0.05) is 52.0 Å². The Labute approximate surface area is 382 Å². The van der Waals surface area contributed by atoms with E-state index in [1.165, 1.54) is 57.4 Å². The normalized spacial score (nSPS) is 14.7. The van der Waals surface area contributed by atoms with Crippen LogP contribution in [-0.2, 0) is 14.0 Å². The van der Waals surface area contributed by atoms with Crippen LogP contribution in [0.15, 0.2) is 66.3 Å². The van der Waals surface area contributed by atoms with Crippen molar-refractivity contribution in [2.45, 2.75) is 131 Å². The zero-order valence-corrected chi connectivity index (χ0v) is 37.6. The molecule has 0 fully saturated rings. The Bertz CT molecular complexity index is 2090. The van der Waals surface area contributed by atoms with Gasteiger partial charge in [-0.2, -0.15) is 74.6 Å². The number of carbonyl (C=O) groups is 2. The van der Waals surface area contributed by atoms with E-state index in [9.17, 15) is 84.2 Å². The van der Waals surface area contributed by atoms with Gasteiger partial charge < -0.3 is 13.9 Å². The monoisotopic (exact) mass is 1050 g/mol. The van der Waals surface area contributed by atoms with Gasteiger partial charge in [0.05, 0.1) is 12.3 Å². The van der Waals surface area contributed by atoms with Crippen LogP contribution in [-0.4, -0.2) is 86.4 Å². The molecule has 0 aliphatic heterocycles. The largest absolute Gasteiger partial charge is 0.491 e. The summed E-state index contributed by atoms with van der Waals surface area (Å²) >= 11 is 0. The van der Waals surface area contributed by atoms with Crippen molar-refractivity contribution in [2.75, 3.05) is 18.5 Å². The van der Waals surface area contributed by atoms with Crippen molar-refractivity contribution in [1.82, 2.24) is 5.48 Å². The Morgan fingerprint density at radius 2 is 1.25 bits per heavy atom. The number of carbonyl (C=O) groups excluding carboxylic acids is 2. The van der Waals surface area contributed by atoms with Crippen LogP contribution >= 0.6 is 0 Å². The Morgan fingerprint density at radius 3 is 1.74 bits per heavy atom. The first-order valence-corrected chi connectivity index (χ1v) is 22.4. The standard InChI is InChI=1S/C41H45F19N2O6Si/c1-23(2)69(24(3)4,20-17-34(44,45)35(46,47)36(48,49)37(50,51)38(52,53)39(54,55)40(56,57)41(58,59)60)67-19-18-66-28-14-11-26(12-15-28)31(10-8-6-7-9-25(5)21-32(63)62-65)68-33(64)61-30-16-13-27(42)22-29(30)43/h7,9,11-16,21-24,31,65H,6,8,10,17-20H2,1-5H3,(H,61,64)(H,62,63)/b9-7+,25-21+/t31-/m0/s1. The lowest BCUT2D eigenvalue weighted by atomic mass is 9.88. The maximum atomic E-state index is 15.0. The minimum Gasteiger partial charge on any atom is -0.491 e. The highest BCUT2D eigenvalue weighted by molar-refractivity contribution is 6.76. The summed E-state index contributed by atoms with van der Waals surface area (Å²) in [7, 11) is -4.05. The number of anilines is 1. The summed E-state index contributed by atoms with van der Waals surface area (Å²) < 4.78 is 280. The summed E-state index contributed by atoms with van der Waals surface area (Å²) in [5.74, 6) is -59.8. The van der Waals surface area contributed by atoms with Crippen LogP contribution in [0.4, 0.5) is 93.9 Å². The van der Waals surface area contributed by atoms with Crippen molar-refractivity contribution in [3.05, 3.63) is 83.5 Å². The van der Waals surface area contributed by atoms with E-state index in [2.05, 4.69) is 5.32 Å². The third kappa shape index (κ3) is 13.2. The van der Waals surface area contributed by atoms with Crippen LogP contribution in [0.2, 0.25) is 17.1 Å². The molecule has 2 amide bonds. The number of amides is 2. The molecule has 69 heavy (non-hydrogen) atoms. The number of benzene rings is 2. The molecule has 0 aliphatic carbocycles. The van der Waals surface area contributed by atoms with E-state index in [-0.39, 0.29) is 12.2 Å². The minimum absolute atomic E-state index is 0.0575. The van der Waals surface area contributed by atoms with E-state index in [1.807, 2.05) is 0 Å². The molecule has 2 aromatic rings. The van der Waals surface area contributed by atoms with E-state index in [4.69, 9.17) is 19.1 Å². The summed E-state index contributed by atoms with van der Waals surface area (Å²) in [4.78, 5) is 24.1.